The molecule has 0 atom stereocenters. The van der Waals surface area contributed by atoms with Crippen molar-refractivity contribution in [1.29, 1.82) is 5.41 Å². The number of carbonyl (C=O) groups is 1. The molecule has 0 bridgehead atoms. The Morgan fingerprint density at radius 3 is 2.73 bits per heavy atom. The SMILES string of the molecule is CC(=N)c1cc(-c2cncc(NC(=O)C3CCN(C)CC3)n2)cnc1N. The lowest BCUT2D eigenvalue weighted by atomic mass is 9.96. The molecule has 3 rings (SSSR count). The van der Waals surface area contributed by atoms with Gasteiger partial charge in [0.25, 0.3) is 0 Å². The molecule has 1 aliphatic heterocycles. The lowest BCUT2D eigenvalue weighted by Gasteiger charge is -2.27. The number of amides is 1. The van der Waals surface area contributed by atoms with Crippen LogP contribution in [0.3, 0.4) is 0 Å². The van der Waals surface area contributed by atoms with Crippen LogP contribution in [0.1, 0.15) is 25.3 Å². The average Bonchev–Trinajstić information content (AvgIpc) is 2.62. The van der Waals surface area contributed by atoms with Crippen LogP contribution in [0.2, 0.25) is 0 Å². The van der Waals surface area contributed by atoms with Crippen molar-refractivity contribution in [3.8, 4) is 11.3 Å². The van der Waals surface area contributed by atoms with Crippen molar-refractivity contribution < 1.29 is 4.79 Å². The van der Waals surface area contributed by atoms with Gasteiger partial charge < -0.3 is 21.4 Å². The summed E-state index contributed by atoms with van der Waals surface area (Å²) in [6.07, 6.45) is 6.41. The molecular formula is C18H23N7O. The minimum Gasteiger partial charge on any atom is -0.383 e. The maximum Gasteiger partial charge on any atom is 0.228 e. The van der Waals surface area contributed by atoms with E-state index in [9.17, 15) is 4.79 Å². The Balaban J connectivity index is 1.77. The summed E-state index contributed by atoms with van der Waals surface area (Å²) in [5.74, 6) is 0.704. The molecule has 26 heavy (non-hydrogen) atoms. The van der Waals surface area contributed by atoms with Gasteiger partial charge in [-0.25, -0.2) is 9.97 Å². The van der Waals surface area contributed by atoms with E-state index in [1.54, 1.807) is 25.4 Å². The summed E-state index contributed by atoms with van der Waals surface area (Å²) in [7, 11) is 2.06. The van der Waals surface area contributed by atoms with Gasteiger partial charge in [0.15, 0.2) is 5.82 Å². The molecule has 8 heteroatoms. The summed E-state index contributed by atoms with van der Waals surface area (Å²) in [5, 5.41) is 10.6. The van der Waals surface area contributed by atoms with E-state index in [0.717, 1.165) is 25.9 Å². The van der Waals surface area contributed by atoms with Crippen molar-refractivity contribution in [2.75, 3.05) is 31.2 Å². The Bertz CT molecular complexity index is 828. The van der Waals surface area contributed by atoms with E-state index >= 15 is 0 Å². The maximum atomic E-state index is 12.5. The number of nitrogen functional groups attached to an aromatic ring is 1. The molecule has 4 N–H and O–H groups in total. The molecule has 1 amide bonds. The van der Waals surface area contributed by atoms with Gasteiger partial charge in [-0.2, -0.15) is 0 Å². The van der Waals surface area contributed by atoms with Crippen LogP contribution in [-0.4, -0.2) is 51.6 Å². The van der Waals surface area contributed by atoms with Crippen LogP contribution in [-0.2, 0) is 4.79 Å². The molecule has 0 saturated carbocycles. The minimum atomic E-state index is -0.0176. The third-order valence-electron chi connectivity index (χ3n) is 4.59. The van der Waals surface area contributed by atoms with Crippen molar-refractivity contribution in [1.82, 2.24) is 19.9 Å². The molecule has 0 aliphatic carbocycles. The first-order valence-electron chi connectivity index (χ1n) is 8.57. The van der Waals surface area contributed by atoms with Gasteiger partial charge in [0.05, 0.1) is 18.1 Å². The molecule has 0 unspecified atom stereocenters. The number of aromatic nitrogens is 3. The van der Waals surface area contributed by atoms with Gasteiger partial charge in [0, 0.05) is 29.0 Å². The Hall–Kier alpha value is -2.87. The predicted molar refractivity (Wildman–Crippen MR) is 101 cm³/mol. The number of nitrogens with one attached hydrogen (secondary N) is 2. The third kappa shape index (κ3) is 4.02. The van der Waals surface area contributed by atoms with E-state index in [0.29, 0.717) is 34.2 Å². The number of nitrogens with zero attached hydrogens (tertiary/aromatic N) is 4. The number of hydrogen-bond donors (Lipinski definition) is 3. The Morgan fingerprint density at radius 2 is 2.04 bits per heavy atom. The summed E-state index contributed by atoms with van der Waals surface area (Å²) in [6.45, 7) is 3.50. The van der Waals surface area contributed by atoms with Gasteiger partial charge >= 0.3 is 0 Å². The number of anilines is 2. The van der Waals surface area contributed by atoms with Crippen molar-refractivity contribution in [3.05, 3.63) is 30.2 Å². The van der Waals surface area contributed by atoms with Gasteiger partial charge in [-0.1, -0.05) is 0 Å². The number of carbonyl (C=O) groups excluding carboxylic acids is 1. The first kappa shape index (κ1) is 17.9. The van der Waals surface area contributed by atoms with Crippen molar-refractivity contribution in [2.45, 2.75) is 19.8 Å². The summed E-state index contributed by atoms with van der Waals surface area (Å²) >= 11 is 0. The van der Waals surface area contributed by atoms with Crippen LogP contribution >= 0.6 is 0 Å². The van der Waals surface area contributed by atoms with Gasteiger partial charge in [-0.3, -0.25) is 9.78 Å². The topological polar surface area (TPSA) is 121 Å². The first-order chi connectivity index (χ1) is 12.4. The highest BCUT2D eigenvalue weighted by atomic mass is 16.1. The molecule has 1 aliphatic rings. The molecule has 136 valence electrons. The van der Waals surface area contributed by atoms with Crippen LogP contribution in [0.25, 0.3) is 11.3 Å². The summed E-state index contributed by atoms with van der Waals surface area (Å²) in [5.41, 5.74) is 7.97. The van der Waals surface area contributed by atoms with Crippen molar-refractivity contribution >= 4 is 23.3 Å². The lowest BCUT2D eigenvalue weighted by molar-refractivity contribution is -0.121. The number of pyridine rings is 1. The Morgan fingerprint density at radius 1 is 1.31 bits per heavy atom. The van der Waals surface area contributed by atoms with Gasteiger partial charge in [0.1, 0.15) is 5.82 Å². The fourth-order valence-corrected chi connectivity index (χ4v) is 2.98. The van der Waals surface area contributed by atoms with Crippen molar-refractivity contribution in [3.63, 3.8) is 0 Å². The summed E-state index contributed by atoms with van der Waals surface area (Å²) in [4.78, 5) is 27.4. The molecule has 8 nitrogen and oxygen atoms in total. The second kappa shape index (κ2) is 7.57. The Labute approximate surface area is 152 Å². The standard InChI is InChI=1S/C18H23N7O/c1-11(19)14-7-13(8-22-17(14)20)15-9-21-10-16(23-15)24-18(26)12-3-5-25(2)6-4-12/h7-10,12,19H,3-6H2,1-2H3,(H2,20,22)(H,23,24,26). The normalized spacial score (nSPS) is 15.6. The summed E-state index contributed by atoms with van der Waals surface area (Å²) in [6, 6.07) is 1.76. The highest BCUT2D eigenvalue weighted by Crippen LogP contribution is 2.22. The molecule has 1 saturated heterocycles. The highest BCUT2D eigenvalue weighted by molar-refractivity contribution is 6.01. The smallest absolute Gasteiger partial charge is 0.228 e. The zero-order valence-electron chi connectivity index (χ0n) is 15.0. The van der Waals surface area contributed by atoms with E-state index in [4.69, 9.17) is 11.1 Å². The van der Waals surface area contributed by atoms with Crippen LogP contribution in [0, 0.1) is 11.3 Å². The Kier molecular flexibility index (Phi) is 5.22. The number of piperidine rings is 1. The van der Waals surface area contributed by atoms with E-state index < -0.39 is 0 Å². The fraction of sp³-hybridized carbons (Fsp3) is 0.389. The zero-order chi connectivity index (χ0) is 18.7. The van der Waals surface area contributed by atoms with Crippen molar-refractivity contribution in [2.24, 2.45) is 5.92 Å². The molecule has 0 aromatic carbocycles. The fourth-order valence-electron chi connectivity index (χ4n) is 2.98. The van der Waals surface area contributed by atoms with Gasteiger partial charge in [-0.15, -0.1) is 0 Å². The lowest BCUT2D eigenvalue weighted by Crippen LogP contribution is -2.36. The molecule has 0 spiro atoms. The molecule has 2 aromatic heterocycles. The van der Waals surface area contributed by atoms with E-state index in [1.165, 1.54) is 6.20 Å². The number of rotatable bonds is 4. The first-order valence-corrected chi connectivity index (χ1v) is 8.57. The van der Waals surface area contributed by atoms with E-state index in [-0.39, 0.29) is 11.8 Å². The molecule has 3 heterocycles. The molecule has 0 radical (unpaired) electrons. The second-order valence-electron chi connectivity index (χ2n) is 6.64. The van der Waals surface area contributed by atoms with Crippen LogP contribution < -0.4 is 11.1 Å². The van der Waals surface area contributed by atoms with Crippen LogP contribution in [0.15, 0.2) is 24.7 Å². The molecule has 2 aromatic rings. The summed E-state index contributed by atoms with van der Waals surface area (Å²) < 4.78 is 0. The quantitative estimate of drug-likeness (QED) is 0.721. The largest absolute Gasteiger partial charge is 0.383 e. The highest BCUT2D eigenvalue weighted by Gasteiger charge is 2.23. The van der Waals surface area contributed by atoms with Gasteiger partial charge in [-0.05, 0) is 46.0 Å². The zero-order valence-corrected chi connectivity index (χ0v) is 15.0. The third-order valence-corrected chi connectivity index (χ3v) is 4.59. The second-order valence-corrected chi connectivity index (χ2v) is 6.64. The molecular weight excluding hydrogens is 330 g/mol. The monoisotopic (exact) mass is 353 g/mol. The average molecular weight is 353 g/mol. The van der Waals surface area contributed by atoms with E-state index in [1.807, 2.05) is 0 Å². The number of nitrogens with two attached hydrogens (primary N) is 1. The maximum absolute atomic E-state index is 12.5. The van der Waals surface area contributed by atoms with Crippen LogP contribution in [0.4, 0.5) is 11.6 Å². The van der Waals surface area contributed by atoms with Crippen LogP contribution in [0.5, 0.6) is 0 Å². The minimum absolute atomic E-state index is 0.00186. The number of likely N-dealkylation sites (tertiary alicyclic amines) is 1. The van der Waals surface area contributed by atoms with Gasteiger partial charge in [0.2, 0.25) is 5.91 Å². The number of hydrogen-bond acceptors (Lipinski definition) is 7. The van der Waals surface area contributed by atoms with E-state index in [2.05, 4.69) is 32.2 Å². The predicted octanol–water partition coefficient (Wildman–Crippen LogP) is 1.79. The molecule has 1 fully saturated rings.